The maximum Gasteiger partial charge on any atom is 0.352 e. The second-order valence-corrected chi connectivity index (χ2v) is 8.94. The van der Waals surface area contributed by atoms with E-state index in [0.29, 0.717) is 0 Å². The fourth-order valence-electron chi connectivity index (χ4n) is 3.60. The van der Waals surface area contributed by atoms with Crippen molar-refractivity contribution in [3.63, 3.8) is 0 Å². The first-order chi connectivity index (χ1) is 15.9. The lowest BCUT2D eigenvalue weighted by atomic mass is 9.97. The van der Waals surface area contributed by atoms with Gasteiger partial charge in [-0.25, -0.2) is 4.79 Å². The number of ketones is 1. The van der Waals surface area contributed by atoms with Crippen molar-refractivity contribution in [2.45, 2.75) is 56.2 Å². The molecular formula is C20H27N3O10S. The van der Waals surface area contributed by atoms with Gasteiger partial charge in [-0.3, -0.25) is 28.9 Å². The molecule has 2 rings (SSSR count). The Morgan fingerprint density at radius 1 is 1.29 bits per heavy atom. The van der Waals surface area contributed by atoms with Crippen molar-refractivity contribution in [2.75, 3.05) is 19.5 Å². The zero-order valence-electron chi connectivity index (χ0n) is 18.7. The van der Waals surface area contributed by atoms with Gasteiger partial charge in [0, 0.05) is 30.9 Å². The van der Waals surface area contributed by atoms with E-state index >= 15 is 0 Å². The Hall–Kier alpha value is -2.97. The first-order valence-electron chi connectivity index (χ1n) is 10.3. The molecule has 2 aliphatic rings. The van der Waals surface area contributed by atoms with E-state index in [2.05, 4.69) is 5.32 Å². The van der Waals surface area contributed by atoms with E-state index in [-0.39, 0.29) is 42.7 Å². The minimum Gasteiger partial charge on any atom is -0.481 e. The molecule has 3 unspecified atom stereocenters. The predicted octanol–water partition coefficient (Wildman–Crippen LogP) is -0.806. The summed E-state index contributed by atoms with van der Waals surface area (Å²) in [6.45, 7) is 0.812. The van der Waals surface area contributed by atoms with Crippen LogP contribution in [-0.2, 0) is 38.2 Å². The summed E-state index contributed by atoms with van der Waals surface area (Å²) in [4.78, 5) is 71.6. The zero-order chi connectivity index (χ0) is 25.6. The van der Waals surface area contributed by atoms with Crippen LogP contribution in [0.1, 0.15) is 39.0 Å². The number of hydrogen-bond donors (Lipinski definition) is 4. The molecule has 0 aliphatic carbocycles. The van der Waals surface area contributed by atoms with E-state index in [9.17, 15) is 33.9 Å². The average Bonchev–Trinajstić information content (AvgIpc) is 2.73. The summed E-state index contributed by atoms with van der Waals surface area (Å²) in [6.07, 6.45) is -0.149. The molecule has 2 heterocycles. The van der Waals surface area contributed by atoms with Gasteiger partial charge in [0.1, 0.15) is 29.9 Å². The van der Waals surface area contributed by atoms with Gasteiger partial charge in [-0.1, -0.05) is 0 Å². The molecule has 0 aromatic carbocycles. The normalized spacial score (nSPS) is 22.4. The van der Waals surface area contributed by atoms with Gasteiger partial charge < -0.3 is 30.7 Å². The molecule has 14 heteroatoms. The van der Waals surface area contributed by atoms with Crippen LogP contribution < -0.4 is 11.1 Å². The number of methoxy groups -OCH3 is 1. The molecule has 1 saturated heterocycles. The first-order valence-corrected chi connectivity index (χ1v) is 11.4. The third-order valence-corrected chi connectivity index (χ3v) is 6.55. The van der Waals surface area contributed by atoms with Crippen LogP contribution in [0.25, 0.3) is 0 Å². The van der Waals surface area contributed by atoms with Gasteiger partial charge in [0.2, 0.25) is 5.91 Å². The second kappa shape index (κ2) is 11.4. The lowest BCUT2D eigenvalue weighted by molar-refractivity contribution is -0.192. The fourth-order valence-corrected chi connectivity index (χ4v) is 5.02. The van der Waals surface area contributed by atoms with Crippen molar-refractivity contribution in [3.8, 4) is 0 Å². The summed E-state index contributed by atoms with van der Waals surface area (Å²) < 4.78 is 10.3. The summed E-state index contributed by atoms with van der Waals surface area (Å²) in [7, 11) is 1.21. The third kappa shape index (κ3) is 6.12. The van der Waals surface area contributed by atoms with Gasteiger partial charge in [0.05, 0.1) is 6.42 Å². The van der Waals surface area contributed by atoms with Crippen LogP contribution >= 0.6 is 11.8 Å². The summed E-state index contributed by atoms with van der Waals surface area (Å²) >= 11 is 1.12. The number of rotatable bonds is 13. The van der Waals surface area contributed by atoms with Crippen LogP contribution in [-0.4, -0.2) is 87.2 Å². The first kappa shape index (κ1) is 27.3. The van der Waals surface area contributed by atoms with Crippen molar-refractivity contribution in [2.24, 2.45) is 5.73 Å². The van der Waals surface area contributed by atoms with Gasteiger partial charge in [-0.2, -0.15) is 0 Å². The molecule has 3 atom stereocenters. The van der Waals surface area contributed by atoms with E-state index in [0.717, 1.165) is 16.7 Å². The van der Waals surface area contributed by atoms with Crippen molar-refractivity contribution < 1.29 is 48.5 Å². The topological polar surface area (TPSA) is 203 Å². The number of β-lactam (4-membered cyclic amide) rings is 1. The number of nitrogens with zero attached hydrogens (tertiary/aromatic N) is 1. The highest BCUT2D eigenvalue weighted by molar-refractivity contribution is 8.00. The average molecular weight is 502 g/mol. The minimum absolute atomic E-state index is 0.0396. The van der Waals surface area contributed by atoms with Crippen molar-refractivity contribution in [1.29, 1.82) is 0 Å². The number of fused-ring (bicyclic) bond motifs is 1. The molecule has 2 amide bonds. The number of amides is 2. The zero-order valence-corrected chi connectivity index (χ0v) is 19.5. The molecule has 34 heavy (non-hydrogen) atoms. The molecular weight excluding hydrogens is 474 g/mol. The van der Waals surface area contributed by atoms with Gasteiger partial charge in [-0.05, 0) is 19.8 Å². The maximum absolute atomic E-state index is 13.0. The molecule has 2 aliphatic heterocycles. The van der Waals surface area contributed by atoms with Gasteiger partial charge in [0.15, 0.2) is 0 Å². The molecule has 0 radical (unpaired) electrons. The SMILES string of the molecule is COC1(NC(=O)CCCC(N)CC(=O)O)C(=O)N2C(C(=O)O)=C(COC(=O)CC(C)=O)CSC21. The van der Waals surface area contributed by atoms with Crippen molar-refractivity contribution >= 4 is 47.3 Å². The molecule has 0 aromatic rings. The number of aliphatic carboxylic acids is 2. The number of carboxylic acids is 2. The quantitative estimate of drug-likeness (QED) is 0.106. The smallest absolute Gasteiger partial charge is 0.352 e. The van der Waals surface area contributed by atoms with Crippen LogP contribution in [0.4, 0.5) is 0 Å². The molecule has 5 N–H and O–H groups in total. The molecule has 13 nitrogen and oxygen atoms in total. The van der Waals surface area contributed by atoms with Gasteiger partial charge in [0.25, 0.3) is 11.6 Å². The number of carboxylic acid groups (broad SMARTS) is 2. The number of ether oxygens (including phenoxy) is 2. The number of nitrogens with two attached hydrogens (primary N) is 1. The van der Waals surface area contributed by atoms with E-state index in [4.69, 9.17) is 20.3 Å². The Morgan fingerprint density at radius 2 is 1.97 bits per heavy atom. The summed E-state index contributed by atoms with van der Waals surface area (Å²) in [5.74, 6) is -4.93. The number of carbonyl (C=O) groups is 6. The highest BCUT2D eigenvalue weighted by atomic mass is 32.2. The number of thioether (sulfide) groups is 1. The Balaban J connectivity index is 2.06. The van der Waals surface area contributed by atoms with E-state index in [1.165, 1.54) is 14.0 Å². The van der Waals surface area contributed by atoms with Crippen molar-refractivity contribution in [1.82, 2.24) is 10.2 Å². The van der Waals surface area contributed by atoms with Gasteiger partial charge in [-0.15, -0.1) is 11.8 Å². The Morgan fingerprint density at radius 3 is 2.53 bits per heavy atom. The largest absolute Gasteiger partial charge is 0.481 e. The van der Waals surface area contributed by atoms with Crippen LogP contribution in [0.15, 0.2) is 11.3 Å². The highest BCUT2D eigenvalue weighted by Crippen LogP contribution is 2.46. The van der Waals surface area contributed by atoms with E-state index in [1.807, 2.05) is 0 Å². The lowest BCUT2D eigenvalue weighted by Crippen LogP contribution is -2.80. The molecule has 0 saturated carbocycles. The van der Waals surface area contributed by atoms with E-state index in [1.54, 1.807) is 0 Å². The number of Topliss-reactive ketones (excluding diaryl/α,β-unsaturated/α-hetero) is 1. The van der Waals surface area contributed by atoms with Crippen LogP contribution in [0.5, 0.6) is 0 Å². The molecule has 188 valence electrons. The maximum atomic E-state index is 13.0. The summed E-state index contributed by atoms with van der Waals surface area (Å²) in [6, 6.07) is -0.609. The third-order valence-electron chi connectivity index (χ3n) is 5.18. The molecule has 1 fully saturated rings. The monoisotopic (exact) mass is 501 g/mol. The molecule has 0 bridgehead atoms. The minimum atomic E-state index is -1.78. The summed E-state index contributed by atoms with van der Waals surface area (Å²) in [5, 5.41) is 20.1. The number of carbonyl (C=O) groups excluding carboxylic acids is 4. The lowest BCUT2D eigenvalue weighted by Gasteiger charge is -2.55. The van der Waals surface area contributed by atoms with Crippen molar-refractivity contribution in [3.05, 3.63) is 11.3 Å². The van der Waals surface area contributed by atoms with Crippen LogP contribution in [0.3, 0.4) is 0 Å². The second-order valence-electron chi connectivity index (χ2n) is 7.87. The molecule has 0 spiro atoms. The Bertz CT molecular complexity index is 920. The van der Waals surface area contributed by atoms with Crippen LogP contribution in [0.2, 0.25) is 0 Å². The summed E-state index contributed by atoms with van der Waals surface area (Å²) in [5.41, 5.74) is 3.70. The highest BCUT2D eigenvalue weighted by Gasteiger charge is 2.66. The fraction of sp³-hybridized carbons (Fsp3) is 0.600. The van der Waals surface area contributed by atoms with Gasteiger partial charge >= 0.3 is 17.9 Å². The van der Waals surface area contributed by atoms with E-state index < -0.39 is 65.7 Å². The number of esters is 1. The number of nitrogens with one attached hydrogen (secondary N) is 1. The van der Waals surface area contributed by atoms with Crippen LogP contribution in [0, 0.1) is 0 Å². The standard InChI is InChI=1S/C20H27N3O10S/c1-10(24)6-15(28)33-8-11-9-34-19-20(32-2,18(31)23(19)16(11)17(29)30)22-13(25)5-3-4-12(21)7-14(26)27/h12,19H,3-9,21H2,1-2H3,(H,22,25)(H,26,27)(H,29,30). The Labute approximate surface area is 199 Å². The Kier molecular flexibility index (Phi) is 9.18. The predicted molar refractivity (Wildman–Crippen MR) is 116 cm³/mol. The number of hydrogen-bond acceptors (Lipinski definition) is 10. The molecule has 0 aromatic heterocycles.